The molecule has 0 aliphatic heterocycles. The fourth-order valence-electron chi connectivity index (χ4n) is 6.02. The lowest BCUT2D eigenvalue weighted by atomic mass is 10.1. The predicted octanol–water partition coefficient (Wildman–Crippen LogP) is 14.7. The average Bonchev–Trinajstić information content (AvgIpc) is 3.19. The number of hydrogen-bond acceptors (Lipinski definition) is 6. The van der Waals surface area contributed by atoms with Crippen LogP contribution in [0.5, 0.6) is 0 Å². The van der Waals surface area contributed by atoms with Crippen molar-refractivity contribution < 1.29 is 28.6 Å². The molecule has 0 bridgehead atoms. The highest BCUT2D eigenvalue weighted by Crippen LogP contribution is 2.13. The summed E-state index contributed by atoms with van der Waals surface area (Å²) in [5.41, 5.74) is 0. The van der Waals surface area contributed by atoms with Crippen LogP contribution in [0.4, 0.5) is 0 Å². The van der Waals surface area contributed by atoms with Crippen molar-refractivity contribution in [3.05, 3.63) is 72.9 Å². The minimum absolute atomic E-state index is 0.0985. The van der Waals surface area contributed by atoms with Gasteiger partial charge in [0, 0.05) is 19.3 Å². The summed E-state index contributed by atoms with van der Waals surface area (Å²) in [4.78, 5) is 37.7. The minimum Gasteiger partial charge on any atom is -0.462 e. The fourth-order valence-corrected chi connectivity index (χ4v) is 6.02. The number of carbonyl (C=O) groups excluding carboxylic acids is 3. The highest BCUT2D eigenvalue weighted by molar-refractivity contribution is 5.71. The van der Waals surface area contributed by atoms with Crippen LogP contribution in [0, 0.1) is 0 Å². The van der Waals surface area contributed by atoms with E-state index in [2.05, 4.69) is 93.7 Å². The van der Waals surface area contributed by atoms with Crippen molar-refractivity contribution in [1.29, 1.82) is 0 Å². The standard InChI is InChI=1S/C50H84O6/c1-4-7-10-13-16-19-22-25-26-29-31-34-37-40-43-49(52)55-46-47(56-50(53)44-41-38-35-32-28-24-21-18-15-12-9-6-3)45-54-48(51)42-39-36-33-30-27-23-20-17-14-11-8-5-2/h7,9-10,12,16-21,28,32,47H,4-6,8,11,13-15,22-27,29-31,33-46H2,1-3H3/b10-7-,12-9-,19-16-,20-17-,21-18-,32-28-. The number of ether oxygens (including phenoxy) is 3. The summed E-state index contributed by atoms with van der Waals surface area (Å²) < 4.78 is 16.7. The number of allylic oxidation sites excluding steroid dienone is 12. The number of carbonyl (C=O) groups is 3. The van der Waals surface area contributed by atoms with Gasteiger partial charge in [-0.05, 0) is 103 Å². The number of rotatable bonds is 40. The zero-order chi connectivity index (χ0) is 40.8. The van der Waals surface area contributed by atoms with Gasteiger partial charge in [-0.2, -0.15) is 0 Å². The van der Waals surface area contributed by atoms with Gasteiger partial charge in [0.25, 0.3) is 0 Å². The Morgan fingerprint density at radius 3 is 1.14 bits per heavy atom. The molecule has 0 rings (SSSR count). The van der Waals surface area contributed by atoms with E-state index in [1.807, 2.05) is 0 Å². The van der Waals surface area contributed by atoms with E-state index in [-0.39, 0.29) is 37.5 Å². The second-order valence-corrected chi connectivity index (χ2v) is 14.9. The van der Waals surface area contributed by atoms with E-state index >= 15 is 0 Å². The summed E-state index contributed by atoms with van der Waals surface area (Å²) in [6.07, 6.45) is 54.6. The summed E-state index contributed by atoms with van der Waals surface area (Å²) in [5.74, 6) is -0.961. The van der Waals surface area contributed by atoms with Gasteiger partial charge in [-0.25, -0.2) is 0 Å². The Morgan fingerprint density at radius 1 is 0.375 bits per heavy atom. The molecule has 0 radical (unpaired) electrons. The molecule has 1 atom stereocenters. The maximum Gasteiger partial charge on any atom is 0.306 e. The van der Waals surface area contributed by atoms with Gasteiger partial charge in [-0.3, -0.25) is 14.4 Å². The van der Waals surface area contributed by atoms with E-state index in [1.165, 1.54) is 64.2 Å². The van der Waals surface area contributed by atoms with Crippen molar-refractivity contribution in [3.8, 4) is 0 Å². The summed E-state index contributed by atoms with van der Waals surface area (Å²) in [7, 11) is 0. The monoisotopic (exact) mass is 781 g/mol. The third-order valence-electron chi connectivity index (χ3n) is 9.43. The molecule has 0 amide bonds. The quantitative estimate of drug-likeness (QED) is 0.0267. The van der Waals surface area contributed by atoms with Gasteiger partial charge in [0.2, 0.25) is 0 Å². The molecule has 0 aliphatic carbocycles. The second kappa shape index (κ2) is 44.6. The first-order valence-electron chi connectivity index (χ1n) is 22.9. The van der Waals surface area contributed by atoms with Crippen LogP contribution < -0.4 is 0 Å². The van der Waals surface area contributed by atoms with Gasteiger partial charge in [0.05, 0.1) is 0 Å². The topological polar surface area (TPSA) is 78.9 Å². The van der Waals surface area contributed by atoms with E-state index in [0.717, 1.165) is 96.3 Å². The third kappa shape index (κ3) is 42.0. The van der Waals surface area contributed by atoms with E-state index in [9.17, 15) is 14.4 Å². The maximum atomic E-state index is 12.7. The van der Waals surface area contributed by atoms with Crippen molar-refractivity contribution >= 4 is 17.9 Å². The van der Waals surface area contributed by atoms with Gasteiger partial charge < -0.3 is 14.2 Å². The van der Waals surface area contributed by atoms with Gasteiger partial charge >= 0.3 is 17.9 Å². The summed E-state index contributed by atoms with van der Waals surface area (Å²) in [5, 5.41) is 0. The molecule has 0 N–H and O–H groups in total. The van der Waals surface area contributed by atoms with Crippen molar-refractivity contribution in [2.24, 2.45) is 0 Å². The van der Waals surface area contributed by atoms with E-state index in [0.29, 0.717) is 19.3 Å². The average molecular weight is 781 g/mol. The van der Waals surface area contributed by atoms with Crippen LogP contribution in [-0.2, 0) is 28.6 Å². The Hall–Kier alpha value is -3.15. The Bertz CT molecular complexity index is 1080. The van der Waals surface area contributed by atoms with Gasteiger partial charge in [0.15, 0.2) is 6.10 Å². The van der Waals surface area contributed by atoms with Crippen molar-refractivity contribution in [2.45, 2.75) is 213 Å². The van der Waals surface area contributed by atoms with Gasteiger partial charge in [-0.15, -0.1) is 0 Å². The Balaban J connectivity index is 4.45. The molecule has 56 heavy (non-hydrogen) atoms. The molecule has 0 aromatic carbocycles. The summed E-state index contributed by atoms with van der Waals surface area (Å²) in [6.45, 7) is 6.32. The molecule has 0 aliphatic rings. The molecule has 0 saturated carbocycles. The molecule has 0 heterocycles. The van der Waals surface area contributed by atoms with Crippen LogP contribution in [0.2, 0.25) is 0 Å². The molecule has 0 aromatic rings. The lowest BCUT2D eigenvalue weighted by Gasteiger charge is -2.18. The minimum atomic E-state index is -0.799. The lowest BCUT2D eigenvalue weighted by Crippen LogP contribution is -2.30. The smallest absolute Gasteiger partial charge is 0.306 e. The first-order valence-corrected chi connectivity index (χ1v) is 22.9. The molecule has 6 heteroatoms. The second-order valence-electron chi connectivity index (χ2n) is 14.9. The summed E-state index contributed by atoms with van der Waals surface area (Å²) >= 11 is 0. The summed E-state index contributed by atoms with van der Waals surface area (Å²) in [6, 6.07) is 0. The molecule has 0 aromatic heterocycles. The van der Waals surface area contributed by atoms with E-state index in [4.69, 9.17) is 14.2 Å². The van der Waals surface area contributed by atoms with Crippen LogP contribution in [0.15, 0.2) is 72.9 Å². The zero-order valence-electron chi connectivity index (χ0n) is 36.4. The van der Waals surface area contributed by atoms with E-state index in [1.54, 1.807) is 0 Å². The van der Waals surface area contributed by atoms with Crippen LogP contribution in [0.3, 0.4) is 0 Å². The molecule has 1 unspecified atom stereocenters. The normalized spacial score (nSPS) is 12.7. The molecular formula is C50H84O6. The first-order chi connectivity index (χ1) is 27.5. The highest BCUT2D eigenvalue weighted by Gasteiger charge is 2.19. The van der Waals surface area contributed by atoms with Gasteiger partial charge in [0.1, 0.15) is 13.2 Å². The largest absolute Gasteiger partial charge is 0.462 e. The van der Waals surface area contributed by atoms with Crippen molar-refractivity contribution in [2.75, 3.05) is 13.2 Å². The lowest BCUT2D eigenvalue weighted by molar-refractivity contribution is -0.167. The number of unbranched alkanes of at least 4 members (excludes halogenated alkanes) is 17. The highest BCUT2D eigenvalue weighted by atomic mass is 16.6. The van der Waals surface area contributed by atoms with Crippen LogP contribution in [-0.4, -0.2) is 37.2 Å². The Morgan fingerprint density at radius 2 is 0.696 bits per heavy atom. The fraction of sp³-hybridized carbons (Fsp3) is 0.700. The van der Waals surface area contributed by atoms with Crippen LogP contribution in [0.1, 0.15) is 207 Å². The van der Waals surface area contributed by atoms with Crippen LogP contribution >= 0.6 is 0 Å². The van der Waals surface area contributed by atoms with Crippen LogP contribution in [0.25, 0.3) is 0 Å². The maximum absolute atomic E-state index is 12.7. The van der Waals surface area contributed by atoms with Crippen molar-refractivity contribution in [1.82, 2.24) is 0 Å². The van der Waals surface area contributed by atoms with E-state index < -0.39 is 6.10 Å². The van der Waals surface area contributed by atoms with Gasteiger partial charge in [-0.1, -0.05) is 158 Å². The molecule has 6 nitrogen and oxygen atoms in total. The zero-order valence-corrected chi connectivity index (χ0v) is 36.4. The molecule has 0 saturated heterocycles. The third-order valence-corrected chi connectivity index (χ3v) is 9.43. The molecule has 320 valence electrons. The van der Waals surface area contributed by atoms with Crippen molar-refractivity contribution in [3.63, 3.8) is 0 Å². The predicted molar refractivity (Wildman–Crippen MR) is 238 cm³/mol. The Kier molecular flexibility index (Phi) is 42.1. The Labute approximate surface area is 344 Å². The SMILES string of the molecule is CC/C=C\C/C=C\C/C=C\CCCCC(=O)OC(COC(=O)CCCCCCC/C=C\CCCCC)COC(=O)CCCCCCCCC/C=C\C/C=C\CC. The molecule has 0 spiro atoms. The molecule has 0 fully saturated rings. The molecular weight excluding hydrogens is 697 g/mol. The number of esters is 3. The first kappa shape index (κ1) is 52.9. The number of hydrogen-bond donors (Lipinski definition) is 0.